The van der Waals surface area contributed by atoms with Crippen LogP contribution >= 0.6 is 0 Å². The molecule has 2 heteroatoms. The van der Waals surface area contributed by atoms with E-state index in [2.05, 4.69) is 6.07 Å². The predicted molar refractivity (Wildman–Crippen MR) is 85.1 cm³/mol. The van der Waals surface area contributed by atoms with Gasteiger partial charge in [-0.3, -0.25) is 0 Å². The molecule has 2 aliphatic carbocycles. The molecule has 2 aliphatic rings. The summed E-state index contributed by atoms with van der Waals surface area (Å²) in [5, 5.41) is 9.43. The van der Waals surface area contributed by atoms with Crippen molar-refractivity contribution in [2.45, 2.75) is 76.0 Å². The zero-order valence-corrected chi connectivity index (χ0v) is 12.8. The second-order valence-electron chi connectivity index (χ2n) is 6.86. The summed E-state index contributed by atoms with van der Waals surface area (Å²) >= 11 is 0. The highest BCUT2D eigenvalue weighted by Gasteiger charge is 2.21. The molecule has 2 saturated carbocycles. The standard InChI is InChI=1S/C19H26O2/c20-19(21)18-12-16(14-7-3-1-4-8-14)11-17(13-18)15-9-5-2-6-10-15/h11-15H,1-10H2,(H,20,21). The first-order chi connectivity index (χ1) is 10.2. The van der Waals surface area contributed by atoms with Gasteiger partial charge in [0, 0.05) is 0 Å². The van der Waals surface area contributed by atoms with E-state index < -0.39 is 5.97 Å². The molecule has 21 heavy (non-hydrogen) atoms. The fraction of sp³-hybridized carbons (Fsp3) is 0.632. The Hall–Kier alpha value is -1.31. The number of rotatable bonds is 3. The molecular weight excluding hydrogens is 260 g/mol. The van der Waals surface area contributed by atoms with Crippen LogP contribution in [0.15, 0.2) is 18.2 Å². The SMILES string of the molecule is O=C(O)c1cc(C2CCCCC2)cc(C2CCCCC2)c1. The van der Waals surface area contributed by atoms with Gasteiger partial charge in [0.2, 0.25) is 0 Å². The quantitative estimate of drug-likeness (QED) is 0.798. The van der Waals surface area contributed by atoms with Gasteiger partial charge in [0.15, 0.2) is 0 Å². The average molecular weight is 286 g/mol. The summed E-state index contributed by atoms with van der Waals surface area (Å²) in [6.45, 7) is 0. The van der Waals surface area contributed by atoms with Crippen LogP contribution in [-0.4, -0.2) is 11.1 Å². The molecule has 0 saturated heterocycles. The number of benzene rings is 1. The third-order valence-electron chi connectivity index (χ3n) is 5.38. The Labute approximate surface area is 127 Å². The lowest BCUT2D eigenvalue weighted by molar-refractivity contribution is 0.0696. The molecule has 0 spiro atoms. The van der Waals surface area contributed by atoms with Crippen molar-refractivity contribution in [3.63, 3.8) is 0 Å². The van der Waals surface area contributed by atoms with E-state index in [4.69, 9.17) is 0 Å². The first kappa shape index (κ1) is 14.6. The number of hydrogen-bond donors (Lipinski definition) is 1. The predicted octanol–water partition coefficient (Wildman–Crippen LogP) is 5.48. The van der Waals surface area contributed by atoms with Crippen molar-refractivity contribution in [1.29, 1.82) is 0 Å². The van der Waals surface area contributed by atoms with Crippen LogP contribution in [0.5, 0.6) is 0 Å². The van der Waals surface area contributed by atoms with Crippen LogP contribution in [-0.2, 0) is 0 Å². The molecule has 1 N–H and O–H groups in total. The summed E-state index contributed by atoms with van der Waals surface area (Å²) in [5.41, 5.74) is 3.07. The fourth-order valence-electron chi connectivity index (χ4n) is 4.14. The Balaban J connectivity index is 1.91. The summed E-state index contributed by atoms with van der Waals surface area (Å²) < 4.78 is 0. The van der Waals surface area contributed by atoms with Gasteiger partial charge in [-0.1, -0.05) is 44.6 Å². The molecule has 2 nitrogen and oxygen atoms in total. The third kappa shape index (κ3) is 3.48. The van der Waals surface area contributed by atoms with Gasteiger partial charge in [-0.05, 0) is 60.8 Å². The van der Waals surface area contributed by atoms with Crippen LogP contribution in [0, 0.1) is 0 Å². The van der Waals surface area contributed by atoms with Crippen LogP contribution in [0.4, 0.5) is 0 Å². The van der Waals surface area contributed by atoms with Gasteiger partial charge in [0.05, 0.1) is 5.56 Å². The van der Waals surface area contributed by atoms with E-state index >= 15 is 0 Å². The minimum absolute atomic E-state index is 0.499. The molecule has 0 bridgehead atoms. The van der Waals surface area contributed by atoms with Crippen LogP contribution in [0.1, 0.15) is 97.5 Å². The molecule has 0 amide bonds. The topological polar surface area (TPSA) is 37.3 Å². The number of carboxylic acids is 1. The molecule has 0 heterocycles. The lowest BCUT2D eigenvalue weighted by Crippen LogP contribution is -2.10. The van der Waals surface area contributed by atoms with E-state index in [0.29, 0.717) is 17.4 Å². The minimum atomic E-state index is -0.773. The Morgan fingerprint density at radius 3 is 1.57 bits per heavy atom. The summed E-state index contributed by atoms with van der Waals surface area (Å²) in [6.07, 6.45) is 12.8. The number of carboxylic acid groups (broad SMARTS) is 1. The van der Waals surface area contributed by atoms with Gasteiger partial charge in [0.25, 0.3) is 0 Å². The Bertz CT molecular complexity index is 458. The van der Waals surface area contributed by atoms with Crippen molar-refractivity contribution >= 4 is 5.97 Å². The van der Waals surface area contributed by atoms with Gasteiger partial charge in [-0.25, -0.2) is 4.79 Å². The molecule has 0 radical (unpaired) electrons. The molecule has 0 unspecified atom stereocenters. The molecule has 0 aliphatic heterocycles. The number of hydrogen-bond acceptors (Lipinski definition) is 1. The monoisotopic (exact) mass is 286 g/mol. The lowest BCUT2D eigenvalue weighted by atomic mass is 9.79. The second-order valence-corrected chi connectivity index (χ2v) is 6.86. The van der Waals surface area contributed by atoms with Gasteiger partial charge >= 0.3 is 5.97 Å². The maximum Gasteiger partial charge on any atom is 0.335 e. The normalized spacial score (nSPS) is 21.3. The lowest BCUT2D eigenvalue weighted by Gasteiger charge is -2.26. The summed E-state index contributed by atoms with van der Waals surface area (Å²) in [4.78, 5) is 11.5. The van der Waals surface area contributed by atoms with Crippen molar-refractivity contribution in [3.8, 4) is 0 Å². The highest BCUT2D eigenvalue weighted by atomic mass is 16.4. The first-order valence-electron chi connectivity index (χ1n) is 8.62. The van der Waals surface area contributed by atoms with Crippen LogP contribution in [0.2, 0.25) is 0 Å². The van der Waals surface area contributed by atoms with Gasteiger partial charge in [0.1, 0.15) is 0 Å². The third-order valence-corrected chi connectivity index (χ3v) is 5.38. The average Bonchev–Trinajstić information content (AvgIpc) is 2.56. The highest BCUT2D eigenvalue weighted by Crippen LogP contribution is 2.37. The van der Waals surface area contributed by atoms with Gasteiger partial charge in [-0.2, -0.15) is 0 Å². The second kappa shape index (κ2) is 6.64. The summed E-state index contributed by atoms with van der Waals surface area (Å²) in [5.74, 6) is 0.394. The Kier molecular flexibility index (Phi) is 4.62. The largest absolute Gasteiger partial charge is 0.478 e. The zero-order valence-electron chi connectivity index (χ0n) is 12.8. The molecule has 3 rings (SSSR count). The number of aromatic carboxylic acids is 1. The van der Waals surface area contributed by atoms with Crippen LogP contribution < -0.4 is 0 Å². The van der Waals surface area contributed by atoms with E-state index in [1.54, 1.807) is 0 Å². The molecule has 1 aromatic carbocycles. The summed E-state index contributed by atoms with van der Waals surface area (Å²) in [6, 6.07) is 6.20. The first-order valence-corrected chi connectivity index (χ1v) is 8.62. The fourth-order valence-corrected chi connectivity index (χ4v) is 4.14. The maximum atomic E-state index is 11.5. The zero-order chi connectivity index (χ0) is 14.7. The highest BCUT2D eigenvalue weighted by molar-refractivity contribution is 5.88. The van der Waals surface area contributed by atoms with Crippen molar-refractivity contribution in [2.75, 3.05) is 0 Å². The minimum Gasteiger partial charge on any atom is -0.478 e. The van der Waals surface area contributed by atoms with Gasteiger partial charge < -0.3 is 5.11 Å². The molecular formula is C19H26O2. The smallest absolute Gasteiger partial charge is 0.335 e. The molecule has 2 fully saturated rings. The van der Waals surface area contributed by atoms with E-state index in [-0.39, 0.29) is 0 Å². The van der Waals surface area contributed by atoms with Crippen molar-refractivity contribution in [1.82, 2.24) is 0 Å². The maximum absolute atomic E-state index is 11.5. The summed E-state index contributed by atoms with van der Waals surface area (Å²) in [7, 11) is 0. The molecule has 0 atom stereocenters. The Morgan fingerprint density at radius 2 is 1.19 bits per heavy atom. The molecule has 0 aromatic heterocycles. The molecule has 1 aromatic rings. The van der Waals surface area contributed by atoms with Crippen molar-refractivity contribution < 1.29 is 9.90 Å². The Morgan fingerprint density at radius 1 is 0.762 bits per heavy atom. The van der Waals surface area contributed by atoms with Crippen LogP contribution in [0.25, 0.3) is 0 Å². The van der Waals surface area contributed by atoms with E-state index in [1.165, 1.54) is 75.3 Å². The van der Waals surface area contributed by atoms with Crippen molar-refractivity contribution in [3.05, 3.63) is 34.9 Å². The van der Waals surface area contributed by atoms with Crippen molar-refractivity contribution in [2.24, 2.45) is 0 Å². The van der Waals surface area contributed by atoms with E-state index in [0.717, 1.165) is 0 Å². The van der Waals surface area contributed by atoms with Gasteiger partial charge in [-0.15, -0.1) is 0 Å². The van der Waals surface area contributed by atoms with E-state index in [9.17, 15) is 9.90 Å². The van der Waals surface area contributed by atoms with E-state index in [1.807, 2.05) is 12.1 Å². The molecule has 114 valence electrons. The number of carbonyl (C=O) groups is 1. The van der Waals surface area contributed by atoms with Crippen LogP contribution in [0.3, 0.4) is 0 Å².